The molecular weight excluding hydrogens is 433 g/mol. The summed E-state index contributed by atoms with van der Waals surface area (Å²) in [6, 6.07) is 6.88. The average molecular weight is 450 g/mol. The monoisotopic (exact) mass is 450 g/mol. The lowest BCUT2D eigenvalue weighted by molar-refractivity contribution is -0.159. The van der Waals surface area contributed by atoms with Gasteiger partial charge in [0.05, 0.1) is 19.3 Å². The Morgan fingerprint density at radius 1 is 1.22 bits per heavy atom. The normalized spacial score (nSPS) is 16.7. The largest absolute Gasteiger partial charge is 0.471 e. The summed E-state index contributed by atoms with van der Waals surface area (Å²) in [4.78, 5) is 30.0. The van der Waals surface area contributed by atoms with Gasteiger partial charge in [-0.15, -0.1) is 0 Å². The number of carbonyl (C=O) groups is 2. The lowest BCUT2D eigenvalue weighted by atomic mass is 10.1. The Balaban J connectivity index is 1.38. The van der Waals surface area contributed by atoms with Crippen LogP contribution in [-0.4, -0.2) is 69.4 Å². The van der Waals surface area contributed by atoms with Gasteiger partial charge in [-0.1, -0.05) is 17.3 Å². The smallest absolute Gasteiger partial charge is 0.377 e. The lowest BCUT2D eigenvalue weighted by Crippen LogP contribution is -2.53. The van der Waals surface area contributed by atoms with Crippen molar-refractivity contribution in [3.05, 3.63) is 53.7 Å². The van der Waals surface area contributed by atoms with Gasteiger partial charge in [0.25, 0.3) is 11.8 Å². The van der Waals surface area contributed by atoms with Gasteiger partial charge in [-0.3, -0.25) is 14.7 Å². The number of hydrogen-bond acceptors (Lipinski definition) is 7. The van der Waals surface area contributed by atoms with E-state index in [1.54, 1.807) is 11.0 Å². The van der Waals surface area contributed by atoms with Crippen molar-refractivity contribution in [2.24, 2.45) is 0 Å². The van der Waals surface area contributed by atoms with Crippen LogP contribution in [0.25, 0.3) is 11.4 Å². The summed E-state index contributed by atoms with van der Waals surface area (Å²) in [6.45, 7) is 1.17. The first kappa shape index (κ1) is 21.5. The molecule has 0 radical (unpaired) electrons. The maximum Gasteiger partial charge on any atom is 0.471 e. The van der Waals surface area contributed by atoms with Crippen LogP contribution < -0.4 is 5.32 Å². The SMILES string of the molecule is O=C(NCC1COCCN1C(=O)c1ccn[nH]1)c1ccc(-c2noc(C(F)(F)F)n2)cc1. The standard InChI is InChI=1S/C19H17F3N6O4/c20-19(21,22)18-25-15(27-32-18)11-1-3-12(4-2-11)16(29)23-9-13-10-31-8-7-28(13)17(30)14-5-6-24-26-14/h1-6,13H,7-10H2,(H,23,29)(H,24,26). The Bertz CT molecular complexity index is 1080. The molecule has 1 unspecified atom stereocenters. The molecule has 3 heterocycles. The van der Waals surface area contributed by atoms with Crippen molar-refractivity contribution in [2.45, 2.75) is 12.2 Å². The first-order valence-electron chi connectivity index (χ1n) is 9.50. The molecule has 13 heteroatoms. The predicted octanol–water partition coefficient (Wildman–Crippen LogP) is 1.75. The van der Waals surface area contributed by atoms with Gasteiger partial charge in [0.2, 0.25) is 5.82 Å². The number of benzene rings is 1. The van der Waals surface area contributed by atoms with Crippen LogP contribution >= 0.6 is 0 Å². The number of hydrogen-bond donors (Lipinski definition) is 2. The summed E-state index contributed by atoms with van der Waals surface area (Å²) in [6.07, 6.45) is -3.26. The van der Waals surface area contributed by atoms with Gasteiger partial charge in [-0.05, 0) is 18.2 Å². The number of ether oxygens (including phenoxy) is 1. The van der Waals surface area contributed by atoms with Gasteiger partial charge in [0.1, 0.15) is 5.69 Å². The molecule has 4 rings (SSSR count). The molecule has 1 fully saturated rings. The van der Waals surface area contributed by atoms with Gasteiger partial charge >= 0.3 is 12.1 Å². The molecule has 0 spiro atoms. The third-order valence-electron chi connectivity index (χ3n) is 4.79. The summed E-state index contributed by atoms with van der Waals surface area (Å²) in [5, 5.41) is 12.5. The van der Waals surface area contributed by atoms with E-state index in [0.717, 1.165) is 0 Å². The maximum atomic E-state index is 12.6. The lowest BCUT2D eigenvalue weighted by Gasteiger charge is -2.35. The number of H-pyrrole nitrogens is 1. The molecular formula is C19H17F3N6O4. The number of nitrogens with one attached hydrogen (secondary N) is 2. The molecule has 1 saturated heterocycles. The van der Waals surface area contributed by atoms with E-state index in [0.29, 0.717) is 18.8 Å². The highest BCUT2D eigenvalue weighted by Gasteiger charge is 2.38. The molecule has 2 N–H and O–H groups in total. The minimum absolute atomic E-state index is 0.153. The van der Waals surface area contributed by atoms with E-state index in [-0.39, 0.29) is 42.1 Å². The second kappa shape index (κ2) is 8.78. The van der Waals surface area contributed by atoms with Gasteiger partial charge in [-0.25, -0.2) is 0 Å². The first-order valence-corrected chi connectivity index (χ1v) is 9.50. The summed E-state index contributed by atoms with van der Waals surface area (Å²) < 4.78 is 47.4. The molecule has 0 bridgehead atoms. The van der Waals surface area contributed by atoms with Crippen LogP contribution in [0.3, 0.4) is 0 Å². The van der Waals surface area contributed by atoms with Crippen molar-refractivity contribution in [2.75, 3.05) is 26.3 Å². The highest BCUT2D eigenvalue weighted by molar-refractivity contribution is 5.95. The van der Waals surface area contributed by atoms with Crippen molar-refractivity contribution < 1.29 is 32.0 Å². The summed E-state index contributed by atoms with van der Waals surface area (Å²) >= 11 is 0. The van der Waals surface area contributed by atoms with Gasteiger partial charge < -0.3 is 19.5 Å². The highest BCUT2D eigenvalue weighted by atomic mass is 19.4. The third kappa shape index (κ3) is 4.61. The molecule has 10 nitrogen and oxygen atoms in total. The molecule has 1 aromatic carbocycles. The Morgan fingerprint density at radius 3 is 2.66 bits per heavy atom. The number of halogens is 3. The molecule has 2 amide bonds. The number of morpholine rings is 1. The number of amides is 2. The fourth-order valence-corrected chi connectivity index (χ4v) is 3.16. The van der Waals surface area contributed by atoms with Crippen LogP contribution in [0.2, 0.25) is 0 Å². The van der Waals surface area contributed by atoms with E-state index >= 15 is 0 Å². The van der Waals surface area contributed by atoms with Crippen molar-refractivity contribution in [3.8, 4) is 11.4 Å². The number of aromatic nitrogens is 4. The van der Waals surface area contributed by atoms with E-state index in [1.165, 1.54) is 30.5 Å². The van der Waals surface area contributed by atoms with Gasteiger partial charge in [-0.2, -0.15) is 23.3 Å². The van der Waals surface area contributed by atoms with Gasteiger partial charge in [0.15, 0.2) is 0 Å². The summed E-state index contributed by atoms with van der Waals surface area (Å²) in [5.74, 6) is -2.34. The van der Waals surface area contributed by atoms with Crippen LogP contribution in [0.15, 0.2) is 41.1 Å². The topological polar surface area (TPSA) is 126 Å². The quantitative estimate of drug-likeness (QED) is 0.607. The number of alkyl halides is 3. The Kier molecular flexibility index (Phi) is 5.90. The molecule has 1 aliphatic rings. The summed E-state index contributed by atoms with van der Waals surface area (Å²) in [5.41, 5.74) is 0.878. The molecule has 3 aromatic rings. The number of carbonyl (C=O) groups excluding carboxylic acids is 2. The van der Waals surface area contributed by atoms with Crippen LogP contribution in [0, 0.1) is 0 Å². The summed E-state index contributed by atoms with van der Waals surface area (Å²) in [7, 11) is 0. The van der Waals surface area contributed by atoms with Crippen molar-refractivity contribution in [3.63, 3.8) is 0 Å². The Labute approximate surface area is 178 Å². The van der Waals surface area contributed by atoms with Crippen LogP contribution in [0.4, 0.5) is 13.2 Å². The van der Waals surface area contributed by atoms with E-state index < -0.39 is 18.0 Å². The number of nitrogens with zero attached hydrogens (tertiary/aromatic N) is 4. The first-order chi connectivity index (χ1) is 15.3. The molecule has 2 aromatic heterocycles. The number of aromatic amines is 1. The van der Waals surface area contributed by atoms with Crippen molar-refractivity contribution >= 4 is 11.8 Å². The van der Waals surface area contributed by atoms with Crippen LogP contribution in [-0.2, 0) is 10.9 Å². The van der Waals surface area contributed by atoms with E-state index in [9.17, 15) is 22.8 Å². The average Bonchev–Trinajstić information content (AvgIpc) is 3.50. The second-order valence-corrected chi connectivity index (χ2v) is 6.91. The zero-order chi connectivity index (χ0) is 22.7. The minimum atomic E-state index is -4.74. The van der Waals surface area contributed by atoms with Crippen molar-refractivity contribution in [1.29, 1.82) is 0 Å². The van der Waals surface area contributed by atoms with Crippen LogP contribution in [0.5, 0.6) is 0 Å². The van der Waals surface area contributed by atoms with E-state index in [4.69, 9.17) is 4.74 Å². The molecule has 1 atom stereocenters. The molecule has 168 valence electrons. The van der Waals surface area contributed by atoms with Crippen LogP contribution in [0.1, 0.15) is 26.7 Å². The fourth-order valence-electron chi connectivity index (χ4n) is 3.16. The maximum absolute atomic E-state index is 12.6. The minimum Gasteiger partial charge on any atom is -0.377 e. The molecule has 0 saturated carbocycles. The van der Waals surface area contributed by atoms with E-state index in [2.05, 4.69) is 30.2 Å². The zero-order valence-corrected chi connectivity index (χ0v) is 16.4. The third-order valence-corrected chi connectivity index (χ3v) is 4.79. The van der Waals surface area contributed by atoms with Crippen molar-refractivity contribution in [1.82, 2.24) is 30.6 Å². The highest BCUT2D eigenvalue weighted by Crippen LogP contribution is 2.29. The number of rotatable bonds is 5. The molecule has 0 aliphatic carbocycles. The Hall–Kier alpha value is -3.74. The Morgan fingerprint density at radius 2 is 2.00 bits per heavy atom. The molecule has 1 aliphatic heterocycles. The van der Waals surface area contributed by atoms with E-state index in [1.807, 2.05) is 0 Å². The predicted molar refractivity (Wildman–Crippen MR) is 101 cm³/mol. The molecule has 32 heavy (non-hydrogen) atoms. The van der Waals surface area contributed by atoms with Gasteiger partial charge in [0, 0.05) is 30.4 Å². The second-order valence-electron chi connectivity index (χ2n) is 6.91. The fraction of sp³-hybridized carbons (Fsp3) is 0.316. The zero-order valence-electron chi connectivity index (χ0n) is 16.4.